The van der Waals surface area contributed by atoms with Gasteiger partial charge in [-0.3, -0.25) is 9.59 Å². The highest BCUT2D eigenvalue weighted by atomic mass is 16.2. The lowest BCUT2D eigenvalue weighted by atomic mass is 10.0. The number of benzene rings is 1. The Kier molecular flexibility index (Phi) is 5.53. The van der Waals surface area contributed by atoms with Crippen LogP contribution in [0.25, 0.3) is 0 Å². The van der Waals surface area contributed by atoms with Gasteiger partial charge in [-0.25, -0.2) is 0 Å². The van der Waals surface area contributed by atoms with Crippen molar-refractivity contribution in [2.75, 3.05) is 11.9 Å². The Morgan fingerprint density at radius 3 is 2.24 bits per heavy atom. The highest BCUT2D eigenvalue weighted by Gasteiger charge is 2.26. The van der Waals surface area contributed by atoms with Crippen molar-refractivity contribution in [3.05, 3.63) is 29.8 Å². The molecule has 116 valence electrons. The van der Waals surface area contributed by atoms with Crippen LogP contribution in [-0.2, 0) is 9.59 Å². The average molecular weight is 290 g/mol. The van der Waals surface area contributed by atoms with E-state index >= 15 is 0 Å². The van der Waals surface area contributed by atoms with Gasteiger partial charge < -0.3 is 10.2 Å². The Bertz CT molecular complexity index is 516. The van der Waals surface area contributed by atoms with Crippen LogP contribution in [0.15, 0.2) is 24.3 Å². The third-order valence-electron chi connectivity index (χ3n) is 3.35. The number of hydrogen-bond donors (Lipinski definition) is 1. The maximum absolute atomic E-state index is 12.2. The minimum absolute atomic E-state index is 0.0608. The van der Waals surface area contributed by atoms with Crippen molar-refractivity contribution in [2.45, 2.75) is 53.0 Å². The largest absolute Gasteiger partial charge is 0.329 e. The Labute approximate surface area is 127 Å². The summed E-state index contributed by atoms with van der Waals surface area (Å²) >= 11 is 0. The number of para-hydroxylation sites is 1. The Balaban J connectivity index is 2.85. The van der Waals surface area contributed by atoms with Gasteiger partial charge in [0.1, 0.15) is 6.54 Å². The lowest BCUT2D eigenvalue weighted by molar-refractivity contribution is -0.137. The number of carbonyl (C=O) groups is 2. The number of rotatable bonds is 4. The Morgan fingerprint density at radius 2 is 1.76 bits per heavy atom. The first-order valence-electron chi connectivity index (χ1n) is 7.30. The molecule has 0 aliphatic heterocycles. The molecule has 0 aliphatic rings. The highest BCUT2D eigenvalue weighted by molar-refractivity contribution is 5.95. The van der Waals surface area contributed by atoms with E-state index in [1.165, 1.54) is 6.92 Å². The number of nitrogens with zero attached hydrogens (tertiary/aromatic N) is 1. The van der Waals surface area contributed by atoms with Crippen molar-refractivity contribution in [1.82, 2.24) is 4.90 Å². The number of amides is 2. The fourth-order valence-corrected chi connectivity index (χ4v) is 2.27. The second kappa shape index (κ2) is 6.74. The van der Waals surface area contributed by atoms with E-state index in [4.69, 9.17) is 0 Å². The summed E-state index contributed by atoms with van der Waals surface area (Å²) in [4.78, 5) is 25.5. The number of hydrogen-bond acceptors (Lipinski definition) is 2. The summed E-state index contributed by atoms with van der Waals surface area (Å²) in [6.45, 7) is 11.5. The molecule has 0 radical (unpaired) electrons. The first kappa shape index (κ1) is 17.2. The van der Waals surface area contributed by atoms with E-state index in [0.717, 1.165) is 11.3 Å². The molecule has 0 heterocycles. The van der Waals surface area contributed by atoms with Gasteiger partial charge in [-0.15, -0.1) is 0 Å². The molecule has 0 saturated carbocycles. The molecule has 0 aliphatic carbocycles. The standard InChI is InChI=1S/C17H26N2O2/c1-12(2)14-9-7-8-10-15(14)18-16(21)11-19(13(3)20)17(4,5)6/h7-10,12H,11H2,1-6H3,(H,18,21). The summed E-state index contributed by atoms with van der Waals surface area (Å²) in [6, 6.07) is 7.76. The highest BCUT2D eigenvalue weighted by Crippen LogP contribution is 2.23. The van der Waals surface area contributed by atoms with Crippen molar-refractivity contribution in [3.8, 4) is 0 Å². The molecule has 21 heavy (non-hydrogen) atoms. The molecule has 0 atom stereocenters. The van der Waals surface area contributed by atoms with Crippen molar-refractivity contribution in [2.24, 2.45) is 0 Å². The molecule has 1 rings (SSSR count). The van der Waals surface area contributed by atoms with Gasteiger partial charge in [0.05, 0.1) is 0 Å². The van der Waals surface area contributed by atoms with Crippen LogP contribution in [0.3, 0.4) is 0 Å². The van der Waals surface area contributed by atoms with Gasteiger partial charge in [-0.1, -0.05) is 32.0 Å². The van der Waals surface area contributed by atoms with E-state index in [0.29, 0.717) is 5.92 Å². The van der Waals surface area contributed by atoms with E-state index < -0.39 is 0 Å². The molecular weight excluding hydrogens is 264 g/mol. The molecule has 0 bridgehead atoms. The minimum atomic E-state index is -0.374. The van der Waals surface area contributed by atoms with Crippen LogP contribution in [-0.4, -0.2) is 28.8 Å². The summed E-state index contributed by atoms with van der Waals surface area (Å²) in [5.74, 6) is 0.0519. The molecule has 0 fully saturated rings. The summed E-state index contributed by atoms with van der Waals surface area (Å²) in [5, 5.41) is 2.92. The third-order valence-corrected chi connectivity index (χ3v) is 3.35. The third kappa shape index (κ3) is 4.88. The van der Waals surface area contributed by atoms with E-state index in [-0.39, 0.29) is 23.9 Å². The van der Waals surface area contributed by atoms with Crippen molar-refractivity contribution < 1.29 is 9.59 Å². The molecule has 4 nitrogen and oxygen atoms in total. The van der Waals surface area contributed by atoms with Crippen molar-refractivity contribution in [3.63, 3.8) is 0 Å². The quantitative estimate of drug-likeness (QED) is 0.924. The van der Waals surface area contributed by atoms with Crippen LogP contribution in [0.4, 0.5) is 5.69 Å². The maximum atomic E-state index is 12.2. The zero-order valence-corrected chi connectivity index (χ0v) is 13.9. The van der Waals surface area contributed by atoms with Gasteiger partial charge in [-0.2, -0.15) is 0 Å². The fraction of sp³-hybridized carbons (Fsp3) is 0.529. The van der Waals surface area contributed by atoms with Crippen molar-refractivity contribution in [1.29, 1.82) is 0 Å². The normalized spacial score (nSPS) is 11.4. The van der Waals surface area contributed by atoms with Gasteiger partial charge >= 0.3 is 0 Å². The Morgan fingerprint density at radius 1 is 1.19 bits per heavy atom. The van der Waals surface area contributed by atoms with Crippen molar-refractivity contribution >= 4 is 17.5 Å². The summed E-state index contributed by atoms with van der Waals surface area (Å²) in [7, 11) is 0. The van der Waals surface area contributed by atoms with Crippen LogP contribution >= 0.6 is 0 Å². The van der Waals surface area contributed by atoms with Gasteiger partial charge in [0.25, 0.3) is 0 Å². The smallest absolute Gasteiger partial charge is 0.244 e. The summed E-state index contributed by atoms with van der Waals surface area (Å²) < 4.78 is 0. The molecular formula is C17H26N2O2. The molecule has 1 N–H and O–H groups in total. The molecule has 0 spiro atoms. The van der Waals surface area contributed by atoms with Gasteiger partial charge in [-0.05, 0) is 38.3 Å². The average Bonchev–Trinajstić information content (AvgIpc) is 2.34. The maximum Gasteiger partial charge on any atom is 0.244 e. The van der Waals surface area contributed by atoms with Gasteiger partial charge in [0.2, 0.25) is 11.8 Å². The monoisotopic (exact) mass is 290 g/mol. The molecule has 1 aromatic rings. The fourth-order valence-electron chi connectivity index (χ4n) is 2.27. The second-order valence-corrected chi connectivity index (χ2v) is 6.57. The molecule has 0 unspecified atom stereocenters. The van der Waals surface area contributed by atoms with E-state index in [9.17, 15) is 9.59 Å². The zero-order valence-electron chi connectivity index (χ0n) is 13.9. The molecule has 2 amide bonds. The first-order valence-corrected chi connectivity index (χ1v) is 7.30. The lowest BCUT2D eigenvalue weighted by Gasteiger charge is -2.34. The van der Waals surface area contributed by atoms with E-state index in [1.54, 1.807) is 4.90 Å². The molecule has 0 aromatic heterocycles. The topological polar surface area (TPSA) is 49.4 Å². The molecule has 1 aromatic carbocycles. The lowest BCUT2D eigenvalue weighted by Crippen LogP contribution is -2.48. The van der Waals surface area contributed by atoms with Crippen LogP contribution < -0.4 is 5.32 Å². The van der Waals surface area contributed by atoms with Crippen LogP contribution in [0, 0.1) is 0 Å². The van der Waals surface area contributed by atoms with E-state index in [1.807, 2.05) is 45.0 Å². The number of nitrogens with one attached hydrogen (secondary N) is 1. The first-order chi connectivity index (χ1) is 9.62. The summed E-state index contributed by atoms with van der Waals surface area (Å²) in [5.41, 5.74) is 1.53. The summed E-state index contributed by atoms with van der Waals surface area (Å²) in [6.07, 6.45) is 0. The SMILES string of the molecule is CC(=O)N(CC(=O)Nc1ccccc1C(C)C)C(C)(C)C. The molecule has 0 saturated heterocycles. The van der Waals surface area contributed by atoms with Crippen LogP contribution in [0.5, 0.6) is 0 Å². The number of carbonyl (C=O) groups excluding carboxylic acids is 2. The number of anilines is 1. The van der Waals surface area contributed by atoms with Gasteiger partial charge in [0, 0.05) is 18.2 Å². The predicted octanol–water partition coefficient (Wildman–Crippen LogP) is 3.40. The van der Waals surface area contributed by atoms with Gasteiger partial charge in [0.15, 0.2) is 0 Å². The molecule has 4 heteroatoms. The predicted molar refractivity (Wildman–Crippen MR) is 86.3 cm³/mol. The minimum Gasteiger partial charge on any atom is -0.329 e. The van der Waals surface area contributed by atoms with Crippen LogP contribution in [0.2, 0.25) is 0 Å². The van der Waals surface area contributed by atoms with Crippen LogP contribution in [0.1, 0.15) is 53.0 Å². The second-order valence-electron chi connectivity index (χ2n) is 6.57. The Hall–Kier alpha value is -1.84. The van der Waals surface area contributed by atoms with E-state index in [2.05, 4.69) is 19.2 Å². The zero-order chi connectivity index (χ0) is 16.2.